The normalized spacial score (nSPS) is 11.2. The van der Waals surface area contributed by atoms with E-state index < -0.39 is 0 Å². The minimum absolute atomic E-state index is 0.474. The van der Waals surface area contributed by atoms with E-state index in [-0.39, 0.29) is 0 Å². The minimum atomic E-state index is 0.474. The van der Waals surface area contributed by atoms with E-state index in [1.165, 1.54) is 0 Å². The van der Waals surface area contributed by atoms with Gasteiger partial charge in [0.25, 0.3) is 0 Å². The Kier molecular flexibility index (Phi) is 2.37. The highest BCUT2D eigenvalue weighted by Crippen LogP contribution is 2.26. The largest absolute Gasteiger partial charge is 0.478 e. The number of nitrogens with zero attached hydrogens (tertiary/aromatic N) is 2. The summed E-state index contributed by atoms with van der Waals surface area (Å²) in [5.74, 6) is 0.609. The summed E-state index contributed by atoms with van der Waals surface area (Å²) in [6.45, 7) is 2.53. The third-order valence-corrected chi connectivity index (χ3v) is 2.79. The third kappa shape index (κ3) is 1.70. The summed E-state index contributed by atoms with van der Waals surface area (Å²) in [5, 5.41) is 2.51. The van der Waals surface area contributed by atoms with Gasteiger partial charge in [-0.3, -0.25) is 0 Å². The van der Waals surface area contributed by atoms with Gasteiger partial charge in [-0.1, -0.05) is 11.6 Å². The number of pyridine rings is 2. The molecule has 5 heteroatoms. The maximum absolute atomic E-state index is 5.86. The molecule has 0 bridgehead atoms. The number of rotatable bonds is 2. The van der Waals surface area contributed by atoms with E-state index in [2.05, 4.69) is 15.0 Å². The monoisotopic (exact) mass is 247 g/mol. The van der Waals surface area contributed by atoms with Gasteiger partial charge in [0.15, 0.2) is 0 Å². The fraction of sp³-hybridized carbons (Fsp3) is 0.167. The van der Waals surface area contributed by atoms with Crippen LogP contribution in [0.3, 0.4) is 0 Å². The average molecular weight is 248 g/mol. The van der Waals surface area contributed by atoms with Gasteiger partial charge in [0, 0.05) is 23.0 Å². The van der Waals surface area contributed by atoms with Crippen molar-refractivity contribution in [2.75, 3.05) is 6.61 Å². The average Bonchev–Trinajstić information content (AvgIpc) is 2.65. The SMILES string of the molecule is CCOc1cc2[nH]c3nc(Cl)ccc3c2cn1. The number of aromatic nitrogens is 3. The summed E-state index contributed by atoms with van der Waals surface area (Å²) < 4.78 is 5.36. The van der Waals surface area contributed by atoms with Crippen LogP contribution in [0.1, 0.15) is 6.92 Å². The van der Waals surface area contributed by atoms with Crippen molar-refractivity contribution >= 4 is 33.5 Å². The van der Waals surface area contributed by atoms with E-state index in [9.17, 15) is 0 Å². The fourth-order valence-corrected chi connectivity index (χ4v) is 2.00. The van der Waals surface area contributed by atoms with Gasteiger partial charge in [-0.25, -0.2) is 9.97 Å². The molecule has 3 rings (SSSR count). The lowest BCUT2D eigenvalue weighted by Crippen LogP contribution is -1.93. The van der Waals surface area contributed by atoms with Crippen molar-refractivity contribution in [3.63, 3.8) is 0 Å². The van der Waals surface area contributed by atoms with Crippen LogP contribution in [0.2, 0.25) is 5.15 Å². The van der Waals surface area contributed by atoms with Crippen LogP contribution in [0.4, 0.5) is 0 Å². The highest BCUT2D eigenvalue weighted by atomic mass is 35.5. The lowest BCUT2D eigenvalue weighted by molar-refractivity contribution is 0.327. The topological polar surface area (TPSA) is 50.8 Å². The molecule has 17 heavy (non-hydrogen) atoms. The zero-order chi connectivity index (χ0) is 11.8. The highest BCUT2D eigenvalue weighted by molar-refractivity contribution is 6.30. The van der Waals surface area contributed by atoms with Crippen molar-refractivity contribution < 1.29 is 4.74 Å². The predicted molar refractivity (Wildman–Crippen MR) is 67.6 cm³/mol. The summed E-state index contributed by atoms with van der Waals surface area (Å²) in [6, 6.07) is 5.58. The zero-order valence-corrected chi connectivity index (χ0v) is 9.95. The molecule has 0 saturated carbocycles. The first-order valence-electron chi connectivity index (χ1n) is 5.34. The van der Waals surface area contributed by atoms with Gasteiger partial charge in [-0.05, 0) is 19.1 Å². The molecule has 3 aromatic heterocycles. The minimum Gasteiger partial charge on any atom is -0.478 e. The first kappa shape index (κ1) is 10.4. The highest BCUT2D eigenvalue weighted by Gasteiger charge is 2.07. The van der Waals surface area contributed by atoms with E-state index in [0.717, 1.165) is 21.9 Å². The fourth-order valence-electron chi connectivity index (χ4n) is 1.86. The van der Waals surface area contributed by atoms with Gasteiger partial charge in [-0.2, -0.15) is 0 Å². The predicted octanol–water partition coefficient (Wildman–Crippen LogP) is 3.16. The quantitative estimate of drug-likeness (QED) is 0.708. The Morgan fingerprint density at radius 1 is 1.35 bits per heavy atom. The van der Waals surface area contributed by atoms with Crippen molar-refractivity contribution in [2.45, 2.75) is 6.92 Å². The molecular formula is C12H10ClN3O. The summed E-state index contributed by atoms with van der Waals surface area (Å²) >= 11 is 5.86. The number of ether oxygens (including phenoxy) is 1. The van der Waals surface area contributed by atoms with Gasteiger partial charge in [0.05, 0.1) is 12.1 Å². The number of aromatic amines is 1. The Morgan fingerprint density at radius 2 is 2.24 bits per heavy atom. The van der Waals surface area contributed by atoms with Gasteiger partial charge < -0.3 is 9.72 Å². The van der Waals surface area contributed by atoms with E-state index in [4.69, 9.17) is 16.3 Å². The Morgan fingerprint density at radius 3 is 3.06 bits per heavy atom. The van der Waals surface area contributed by atoms with E-state index in [0.29, 0.717) is 17.6 Å². The first-order valence-corrected chi connectivity index (χ1v) is 5.72. The first-order chi connectivity index (χ1) is 8.28. The molecule has 0 radical (unpaired) electrons. The molecule has 4 nitrogen and oxygen atoms in total. The second-order valence-corrected chi connectivity index (χ2v) is 4.04. The number of fused-ring (bicyclic) bond motifs is 3. The molecular weight excluding hydrogens is 238 g/mol. The number of hydrogen-bond donors (Lipinski definition) is 1. The smallest absolute Gasteiger partial charge is 0.215 e. The van der Waals surface area contributed by atoms with Crippen molar-refractivity contribution in [2.24, 2.45) is 0 Å². The van der Waals surface area contributed by atoms with E-state index in [1.54, 1.807) is 12.3 Å². The van der Waals surface area contributed by atoms with E-state index >= 15 is 0 Å². The van der Waals surface area contributed by atoms with Crippen LogP contribution in [0, 0.1) is 0 Å². The van der Waals surface area contributed by atoms with Gasteiger partial charge in [0.1, 0.15) is 10.8 Å². The summed E-state index contributed by atoms with van der Waals surface area (Å²) in [4.78, 5) is 11.7. The van der Waals surface area contributed by atoms with Crippen LogP contribution in [0.25, 0.3) is 21.9 Å². The molecule has 0 aliphatic rings. The molecule has 86 valence electrons. The molecule has 0 atom stereocenters. The van der Waals surface area contributed by atoms with Crippen molar-refractivity contribution in [1.82, 2.24) is 15.0 Å². The number of halogens is 1. The van der Waals surface area contributed by atoms with Crippen LogP contribution in [0.15, 0.2) is 24.4 Å². The standard InChI is InChI=1S/C12H10ClN3O/c1-2-17-11-5-9-8(6-14-11)7-3-4-10(13)16-12(7)15-9/h3-6H,2H2,1H3,(H,15,16). The maximum Gasteiger partial charge on any atom is 0.215 e. The molecule has 3 heterocycles. The van der Waals surface area contributed by atoms with Gasteiger partial charge in [0.2, 0.25) is 5.88 Å². The van der Waals surface area contributed by atoms with Crippen LogP contribution >= 0.6 is 11.6 Å². The van der Waals surface area contributed by atoms with E-state index in [1.807, 2.05) is 19.1 Å². The lowest BCUT2D eigenvalue weighted by Gasteiger charge is -2.00. The number of hydrogen-bond acceptors (Lipinski definition) is 3. The molecule has 1 N–H and O–H groups in total. The summed E-state index contributed by atoms with van der Waals surface area (Å²) in [5.41, 5.74) is 1.72. The van der Waals surface area contributed by atoms with Crippen molar-refractivity contribution in [3.05, 3.63) is 29.5 Å². The molecule has 0 saturated heterocycles. The lowest BCUT2D eigenvalue weighted by atomic mass is 10.2. The molecule has 0 aliphatic heterocycles. The van der Waals surface area contributed by atoms with Crippen molar-refractivity contribution in [3.8, 4) is 5.88 Å². The third-order valence-electron chi connectivity index (χ3n) is 2.58. The maximum atomic E-state index is 5.86. The van der Waals surface area contributed by atoms with Gasteiger partial charge >= 0.3 is 0 Å². The molecule has 0 spiro atoms. The van der Waals surface area contributed by atoms with Gasteiger partial charge in [-0.15, -0.1) is 0 Å². The molecule has 0 unspecified atom stereocenters. The molecule has 0 amide bonds. The Balaban J connectivity index is 2.27. The second kappa shape index (κ2) is 3.89. The number of H-pyrrole nitrogens is 1. The van der Waals surface area contributed by atoms with Crippen LogP contribution < -0.4 is 4.74 Å². The van der Waals surface area contributed by atoms with Crippen molar-refractivity contribution in [1.29, 1.82) is 0 Å². The Hall–Kier alpha value is -1.81. The second-order valence-electron chi connectivity index (χ2n) is 3.66. The van der Waals surface area contributed by atoms with Crippen LogP contribution in [0.5, 0.6) is 5.88 Å². The molecule has 0 aromatic carbocycles. The zero-order valence-electron chi connectivity index (χ0n) is 9.20. The Bertz CT molecular complexity index is 693. The number of nitrogens with one attached hydrogen (secondary N) is 1. The molecule has 3 aromatic rings. The Labute approximate surface area is 103 Å². The summed E-state index contributed by atoms with van der Waals surface area (Å²) in [6.07, 6.45) is 1.79. The summed E-state index contributed by atoms with van der Waals surface area (Å²) in [7, 11) is 0. The molecule has 0 fully saturated rings. The van der Waals surface area contributed by atoms with Crippen LogP contribution in [-0.4, -0.2) is 21.6 Å². The van der Waals surface area contributed by atoms with Crippen LogP contribution in [-0.2, 0) is 0 Å². The molecule has 0 aliphatic carbocycles.